The van der Waals surface area contributed by atoms with Crippen LogP contribution in [0.5, 0.6) is 0 Å². The molecule has 1 aliphatic heterocycles. The van der Waals surface area contributed by atoms with Crippen LogP contribution in [0.15, 0.2) is 0 Å². The van der Waals surface area contributed by atoms with Crippen molar-refractivity contribution in [3.05, 3.63) is 0 Å². The smallest absolute Gasteiger partial charge is 0.343 e. The lowest BCUT2D eigenvalue weighted by atomic mass is 9.95. The van der Waals surface area contributed by atoms with Crippen LogP contribution in [-0.2, 0) is 23.5 Å². The fourth-order valence-electron chi connectivity index (χ4n) is 2.36. The summed E-state index contributed by atoms with van der Waals surface area (Å²) in [5.74, 6) is -0.410. The molecule has 6 heteroatoms. The molecule has 0 aromatic rings. The van der Waals surface area contributed by atoms with Gasteiger partial charge in [0.25, 0.3) is 0 Å². The van der Waals surface area contributed by atoms with E-state index in [4.69, 9.17) is 13.9 Å². The monoisotopic (exact) mass is 330 g/mol. The van der Waals surface area contributed by atoms with Gasteiger partial charge in [0.1, 0.15) is 12.4 Å². The van der Waals surface area contributed by atoms with Crippen molar-refractivity contribution in [3.8, 4) is 0 Å². The van der Waals surface area contributed by atoms with Crippen LogP contribution >= 0.6 is 0 Å². The molecule has 0 radical (unpaired) electrons. The number of esters is 1. The van der Waals surface area contributed by atoms with Crippen LogP contribution in [0.3, 0.4) is 0 Å². The van der Waals surface area contributed by atoms with Crippen LogP contribution in [0.25, 0.3) is 0 Å². The van der Waals surface area contributed by atoms with Gasteiger partial charge in [0.15, 0.2) is 8.32 Å². The van der Waals surface area contributed by atoms with E-state index in [0.717, 1.165) is 6.29 Å². The average molecular weight is 330 g/mol. The second-order valence-corrected chi connectivity index (χ2v) is 12.1. The van der Waals surface area contributed by atoms with E-state index in [9.17, 15) is 9.59 Å². The van der Waals surface area contributed by atoms with Crippen molar-refractivity contribution in [2.24, 2.45) is 0 Å². The topological polar surface area (TPSA) is 65.1 Å². The quantitative estimate of drug-likeness (QED) is 0.296. The molecular formula is C16H30O5Si. The molecule has 0 N–H and O–H groups in total. The number of epoxide rings is 1. The highest BCUT2D eigenvalue weighted by molar-refractivity contribution is 6.74. The number of ether oxygens (including phenoxy) is 2. The highest BCUT2D eigenvalue weighted by Gasteiger charge is 2.68. The Morgan fingerprint density at radius 3 is 2.32 bits per heavy atom. The fraction of sp³-hybridized carbons (Fsp3) is 0.875. The van der Waals surface area contributed by atoms with Crippen LogP contribution in [0.1, 0.15) is 47.5 Å². The third-order valence-electron chi connectivity index (χ3n) is 4.76. The second kappa shape index (κ2) is 6.80. The van der Waals surface area contributed by atoms with E-state index >= 15 is 0 Å². The summed E-state index contributed by atoms with van der Waals surface area (Å²) in [6.45, 7) is 14.6. The number of carbonyl (C=O) groups excluding carboxylic acids is 2. The summed E-state index contributed by atoms with van der Waals surface area (Å²) in [5.41, 5.74) is -1.11. The van der Waals surface area contributed by atoms with E-state index in [0.29, 0.717) is 6.42 Å². The predicted molar refractivity (Wildman–Crippen MR) is 87.3 cm³/mol. The lowest BCUT2D eigenvalue weighted by Gasteiger charge is -2.40. The molecule has 0 saturated carbocycles. The number of hydrogen-bond acceptors (Lipinski definition) is 5. The largest absolute Gasteiger partial charge is 0.464 e. The van der Waals surface area contributed by atoms with Gasteiger partial charge in [-0.3, -0.25) is 0 Å². The van der Waals surface area contributed by atoms with Gasteiger partial charge in [0, 0.05) is 6.42 Å². The van der Waals surface area contributed by atoms with Crippen LogP contribution < -0.4 is 0 Å². The minimum absolute atomic E-state index is 0.0133. The summed E-state index contributed by atoms with van der Waals surface area (Å²) >= 11 is 0. The summed E-state index contributed by atoms with van der Waals surface area (Å²) in [6, 6.07) is 0. The van der Waals surface area contributed by atoms with E-state index in [1.807, 2.05) is 6.92 Å². The molecule has 1 heterocycles. The molecule has 0 spiro atoms. The fourth-order valence-corrected chi connectivity index (χ4v) is 3.69. The molecule has 0 aromatic carbocycles. The van der Waals surface area contributed by atoms with Crippen molar-refractivity contribution in [3.63, 3.8) is 0 Å². The zero-order valence-electron chi connectivity index (χ0n) is 14.9. The minimum atomic E-state index is -2.13. The molecule has 1 saturated heterocycles. The zero-order chi connectivity index (χ0) is 17.2. The van der Waals surface area contributed by atoms with E-state index in [2.05, 4.69) is 33.9 Å². The molecule has 22 heavy (non-hydrogen) atoms. The third-order valence-corrected chi connectivity index (χ3v) is 9.24. The van der Waals surface area contributed by atoms with Gasteiger partial charge in [0.05, 0.1) is 12.7 Å². The van der Waals surface area contributed by atoms with Gasteiger partial charge in [-0.15, -0.1) is 0 Å². The van der Waals surface area contributed by atoms with Crippen molar-refractivity contribution in [2.75, 3.05) is 6.61 Å². The van der Waals surface area contributed by atoms with Crippen molar-refractivity contribution in [1.29, 1.82) is 0 Å². The average Bonchev–Trinajstić information content (AvgIpc) is 3.12. The molecule has 3 unspecified atom stereocenters. The molecule has 1 aliphatic rings. The molecule has 0 amide bonds. The Balaban J connectivity index is 3.07. The third kappa shape index (κ3) is 3.60. The first-order chi connectivity index (χ1) is 10.1. The SMILES string of the molecule is CCOC(=O)C1(C(CC=O)O[Si](C)(C)C(C)(C)C)OC1CC. The summed E-state index contributed by atoms with van der Waals surface area (Å²) in [4.78, 5) is 23.5. The first-order valence-corrected chi connectivity index (χ1v) is 10.9. The summed E-state index contributed by atoms with van der Waals surface area (Å²) in [5, 5.41) is -0.0133. The second-order valence-electron chi connectivity index (χ2n) is 7.30. The maximum atomic E-state index is 12.4. The molecule has 1 rings (SSSR count). The molecule has 1 fully saturated rings. The maximum Gasteiger partial charge on any atom is 0.343 e. The highest BCUT2D eigenvalue weighted by Crippen LogP contribution is 2.48. The Morgan fingerprint density at radius 1 is 1.36 bits per heavy atom. The minimum Gasteiger partial charge on any atom is -0.464 e. The lowest BCUT2D eigenvalue weighted by Crippen LogP contribution is -2.52. The summed E-state index contributed by atoms with van der Waals surface area (Å²) in [7, 11) is -2.13. The van der Waals surface area contributed by atoms with Gasteiger partial charge in [-0.25, -0.2) is 4.79 Å². The van der Waals surface area contributed by atoms with Gasteiger partial charge >= 0.3 is 5.97 Å². The maximum absolute atomic E-state index is 12.4. The van der Waals surface area contributed by atoms with Crippen molar-refractivity contribution in [1.82, 2.24) is 0 Å². The Kier molecular flexibility index (Phi) is 5.98. The van der Waals surface area contributed by atoms with E-state index in [1.54, 1.807) is 6.92 Å². The van der Waals surface area contributed by atoms with Crippen LogP contribution in [-0.4, -0.2) is 45.0 Å². The highest BCUT2D eigenvalue weighted by atomic mass is 28.4. The van der Waals surface area contributed by atoms with Gasteiger partial charge < -0.3 is 18.7 Å². The Labute approximate surface area is 134 Å². The normalized spacial score (nSPS) is 26.4. The van der Waals surface area contributed by atoms with Gasteiger partial charge in [-0.2, -0.15) is 0 Å². The van der Waals surface area contributed by atoms with Crippen LogP contribution in [0, 0.1) is 0 Å². The van der Waals surface area contributed by atoms with Gasteiger partial charge in [-0.1, -0.05) is 27.7 Å². The Bertz CT molecular complexity index is 415. The van der Waals surface area contributed by atoms with Gasteiger partial charge in [-0.05, 0) is 31.5 Å². The number of carbonyl (C=O) groups is 2. The van der Waals surface area contributed by atoms with Crippen molar-refractivity contribution in [2.45, 2.75) is 83.4 Å². The van der Waals surface area contributed by atoms with Gasteiger partial charge in [0.2, 0.25) is 5.60 Å². The molecule has 0 aliphatic carbocycles. The van der Waals surface area contributed by atoms with E-state index < -0.39 is 26.0 Å². The molecular weight excluding hydrogens is 300 g/mol. The first-order valence-electron chi connectivity index (χ1n) is 8.03. The summed E-state index contributed by atoms with van der Waals surface area (Å²) in [6.07, 6.45) is 0.820. The zero-order valence-corrected chi connectivity index (χ0v) is 15.9. The van der Waals surface area contributed by atoms with Crippen LogP contribution in [0.4, 0.5) is 0 Å². The van der Waals surface area contributed by atoms with Crippen LogP contribution in [0.2, 0.25) is 18.1 Å². The first kappa shape index (κ1) is 19.3. The Hall–Kier alpha value is -0.723. The molecule has 128 valence electrons. The number of rotatable bonds is 8. The molecule has 0 aromatic heterocycles. The van der Waals surface area contributed by atoms with Crippen molar-refractivity contribution < 1.29 is 23.5 Å². The molecule has 0 bridgehead atoms. The molecule has 5 nitrogen and oxygen atoms in total. The summed E-state index contributed by atoms with van der Waals surface area (Å²) < 4.78 is 17.2. The molecule has 3 atom stereocenters. The van der Waals surface area contributed by atoms with E-state index in [-0.39, 0.29) is 24.2 Å². The number of aldehydes is 1. The standard InChI is InChI=1S/C16H30O5Si/c1-8-12-16(20-12,14(18)19-9-2)13(10-11-17)21-22(6,7)15(3,4)5/h11-13H,8-10H2,1-7H3. The predicted octanol–water partition coefficient (Wildman–Crippen LogP) is 3.08. The number of hydrogen-bond donors (Lipinski definition) is 0. The Morgan fingerprint density at radius 2 is 1.95 bits per heavy atom. The lowest BCUT2D eigenvalue weighted by molar-refractivity contribution is -0.154. The van der Waals surface area contributed by atoms with Crippen molar-refractivity contribution >= 4 is 20.6 Å². The van der Waals surface area contributed by atoms with E-state index in [1.165, 1.54) is 0 Å².